The molecule has 2 aromatic carbocycles. The van der Waals surface area contributed by atoms with Crippen molar-refractivity contribution in [2.24, 2.45) is 11.7 Å². The van der Waals surface area contributed by atoms with Crippen LogP contribution >= 0.6 is 11.6 Å². The van der Waals surface area contributed by atoms with E-state index in [9.17, 15) is 24.6 Å². The number of aliphatic hydroxyl groups excluding tert-OH is 1. The minimum absolute atomic E-state index is 0.0848. The molecule has 0 saturated carbocycles. The molecule has 2 rings (SSSR count). The first-order chi connectivity index (χ1) is 13.7. The maximum atomic E-state index is 12.1. The smallest absolute Gasteiger partial charge is 0.306 e. The van der Waals surface area contributed by atoms with Gasteiger partial charge in [0.1, 0.15) is 0 Å². The second-order valence-electron chi connectivity index (χ2n) is 6.57. The zero-order valence-corrected chi connectivity index (χ0v) is 16.4. The highest BCUT2D eigenvalue weighted by Crippen LogP contribution is 2.27. The summed E-state index contributed by atoms with van der Waals surface area (Å²) in [7, 11) is 0. The molecule has 5 N–H and O–H groups in total. The molecule has 152 valence electrons. The summed E-state index contributed by atoms with van der Waals surface area (Å²) in [6.07, 6.45) is 0.677. The maximum Gasteiger partial charge on any atom is 0.306 e. The molecule has 0 aliphatic carbocycles. The molecule has 2 aromatic rings. The number of carboxylic acid groups (broad SMARTS) is 1. The molecule has 0 bridgehead atoms. The summed E-state index contributed by atoms with van der Waals surface area (Å²) in [6.45, 7) is 1.51. The molecule has 0 radical (unpaired) electrons. The van der Waals surface area contributed by atoms with Crippen LogP contribution in [0.15, 0.2) is 60.4 Å². The molecule has 8 heteroatoms. The van der Waals surface area contributed by atoms with Crippen LogP contribution in [0.25, 0.3) is 11.1 Å². The molecule has 0 heterocycles. The molecule has 2 amide bonds. The summed E-state index contributed by atoms with van der Waals surface area (Å²) >= 11 is 6.02. The van der Waals surface area contributed by atoms with E-state index in [1.54, 1.807) is 18.2 Å². The number of aliphatic carboxylic acids is 1. The largest absolute Gasteiger partial charge is 0.503 e. The number of aliphatic hydroxyl groups is 1. The van der Waals surface area contributed by atoms with E-state index in [0.29, 0.717) is 16.7 Å². The number of carbonyl (C=O) groups excluding carboxylic acids is 2. The molecular formula is C21H21ClN2O5. The van der Waals surface area contributed by atoms with Gasteiger partial charge in [0.15, 0.2) is 5.76 Å². The van der Waals surface area contributed by atoms with Crippen LogP contribution in [0.1, 0.15) is 24.9 Å². The van der Waals surface area contributed by atoms with Crippen LogP contribution in [0.2, 0.25) is 5.02 Å². The average Bonchev–Trinajstić information content (AvgIpc) is 2.66. The molecule has 0 aromatic heterocycles. The van der Waals surface area contributed by atoms with E-state index in [1.807, 2.05) is 30.3 Å². The summed E-state index contributed by atoms with van der Waals surface area (Å²) in [4.78, 5) is 34.2. The molecule has 0 fully saturated rings. The van der Waals surface area contributed by atoms with Crippen molar-refractivity contribution in [1.29, 1.82) is 0 Å². The lowest BCUT2D eigenvalue weighted by Crippen LogP contribution is -2.32. The molecule has 0 aliphatic heterocycles. The van der Waals surface area contributed by atoms with Gasteiger partial charge in [0.25, 0.3) is 5.91 Å². The number of benzene rings is 2. The lowest BCUT2D eigenvalue weighted by Gasteiger charge is -2.21. The zero-order chi connectivity index (χ0) is 21.6. The number of hydrogen-bond acceptors (Lipinski definition) is 4. The molecule has 0 saturated heterocycles. The lowest BCUT2D eigenvalue weighted by molar-refractivity contribution is -0.141. The topological polar surface area (TPSA) is 130 Å². The predicted molar refractivity (Wildman–Crippen MR) is 109 cm³/mol. The number of nitrogens with one attached hydrogen (secondary N) is 1. The fourth-order valence-corrected chi connectivity index (χ4v) is 2.93. The normalized spacial score (nSPS) is 13.4. The number of rotatable bonds is 8. The van der Waals surface area contributed by atoms with E-state index in [1.165, 1.54) is 6.92 Å². The van der Waals surface area contributed by atoms with Gasteiger partial charge in [-0.1, -0.05) is 54.9 Å². The third-order valence-electron chi connectivity index (χ3n) is 4.30. The number of hydrogen-bond donors (Lipinski definition) is 4. The van der Waals surface area contributed by atoms with E-state index in [-0.39, 0.29) is 6.42 Å². The number of nitrogens with two attached hydrogens (primary N) is 1. The third kappa shape index (κ3) is 6.36. The first kappa shape index (κ1) is 22.0. The standard InChI is InChI=1S/C21H21ClN2O5/c1-12(21(28)29)9-17(24-20(27)18(25)11-19(23)26)14-7-5-13(6-8-14)15-3-2-4-16(22)10-15/h2-8,10-12,17,25H,9H2,1H3,(H2,23,26)(H,24,27)(H,28,29)/b18-11-/t12-,17?/m0/s1. The molecule has 29 heavy (non-hydrogen) atoms. The van der Waals surface area contributed by atoms with Crippen molar-refractivity contribution in [3.05, 3.63) is 71.0 Å². The summed E-state index contributed by atoms with van der Waals surface area (Å²) in [5.41, 5.74) is 7.38. The van der Waals surface area contributed by atoms with E-state index < -0.39 is 35.5 Å². The number of primary amides is 1. The van der Waals surface area contributed by atoms with E-state index in [2.05, 4.69) is 5.32 Å². The SMILES string of the molecule is C[C@@H](CC(NC(=O)/C(O)=C/C(N)=O)c1ccc(-c2cccc(Cl)c2)cc1)C(=O)O. The summed E-state index contributed by atoms with van der Waals surface area (Å²) in [5.74, 6) is -4.52. The van der Waals surface area contributed by atoms with Gasteiger partial charge in [-0.15, -0.1) is 0 Å². The highest BCUT2D eigenvalue weighted by molar-refractivity contribution is 6.30. The second kappa shape index (κ2) is 9.75. The Hall–Kier alpha value is -3.32. The van der Waals surface area contributed by atoms with Crippen LogP contribution in [0.4, 0.5) is 0 Å². The van der Waals surface area contributed by atoms with E-state index >= 15 is 0 Å². The summed E-state index contributed by atoms with van der Waals surface area (Å²) in [6, 6.07) is 13.8. The van der Waals surface area contributed by atoms with Crippen LogP contribution in [0.5, 0.6) is 0 Å². The minimum atomic E-state index is -1.02. The Morgan fingerprint density at radius 1 is 1.10 bits per heavy atom. The van der Waals surface area contributed by atoms with Gasteiger partial charge in [-0.05, 0) is 35.2 Å². The van der Waals surface area contributed by atoms with Crippen molar-refractivity contribution in [2.75, 3.05) is 0 Å². The Balaban J connectivity index is 2.29. The summed E-state index contributed by atoms with van der Waals surface area (Å²) < 4.78 is 0. The average molecular weight is 417 g/mol. The number of carboxylic acids is 1. The van der Waals surface area contributed by atoms with Crippen LogP contribution in [0, 0.1) is 5.92 Å². The van der Waals surface area contributed by atoms with Gasteiger partial charge >= 0.3 is 5.97 Å². The van der Waals surface area contributed by atoms with Crippen LogP contribution < -0.4 is 11.1 Å². The lowest BCUT2D eigenvalue weighted by atomic mass is 9.94. The highest BCUT2D eigenvalue weighted by Gasteiger charge is 2.23. The molecule has 2 atom stereocenters. The molecule has 0 aliphatic rings. The van der Waals surface area contributed by atoms with Crippen molar-refractivity contribution in [2.45, 2.75) is 19.4 Å². The van der Waals surface area contributed by atoms with E-state index in [0.717, 1.165) is 11.1 Å². The molecule has 1 unspecified atom stereocenters. The van der Waals surface area contributed by atoms with Crippen molar-refractivity contribution < 1.29 is 24.6 Å². The molecule has 7 nitrogen and oxygen atoms in total. The Labute approximate surface area is 172 Å². The van der Waals surface area contributed by atoms with Crippen LogP contribution in [0.3, 0.4) is 0 Å². The fraction of sp³-hybridized carbons (Fsp3) is 0.190. The highest BCUT2D eigenvalue weighted by atomic mass is 35.5. The Morgan fingerprint density at radius 3 is 2.31 bits per heavy atom. The predicted octanol–water partition coefficient (Wildman–Crippen LogP) is 3.20. The molecule has 0 spiro atoms. The molecular weight excluding hydrogens is 396 g/mol. The zero-order valence-electron chi connectivity index (χ0n) is 15.6. The van der Waals surface area contributed by atoms with Gasteiger partial charge in [-0.3, -0.25) is 14.4 Å². The Bertz CT molecular complexity index is 940. The van der Waals surface area contributed by atoms with Crippen molar-refractivity contribution in [3.63, 3.8) is 0 Å². The van der Waals surface area contributed by atoms with Gasteiger partial charge < -0.3 is 21.3 Å². The number of carbonyl (C=O) groups is 3. The first-order valence-corrected chi connectivity index (χ1v) is 9.15. The Morgan fingerprint density at radius 2 is 1.76 bits per heavy atom. The fourth-order valence-electron chi connectivity index (χ4n) is 2.74. The quantitative estimate of drug-likeness (QED) is 0.388. The Kier molecular flexibility index (Phi) is 7.39. The monoisotopic (exact) mass is 416 g/mol. The van der Waals surface area contributed by atoms with Crippen LogP contribution in [-0.4, -0.2) is 28.0 Å². The van der Waals surface area contributed by atoms with Gasteiger partial charge in [0.2, 0.25) is 5.91 Å². The van der Waals surface area contributed by atoms with Crippen molar-refractivity contribution in [1.82, 2.24) is 5.32 Å². The van der Waals surface area contributed by atoms with E-state index in [4.69, 9.17) is 17.3 Å². The van der Waals surface area contributed by atoms with Gasteiger partial charge in [-0.2, -0.15) is 0 Å². The summed E-state index contributed by atoms with van der Waals surface area (Å²) in [5, 5.41) is 22.0. The number of halogens is 1. The van der Waals surface area contributed by atoms with Gasteiger partial charge in [0, 0.05) is 5.02 Å². The maximum absolute atomic E-state index is 12.1. The van der Waals surface area contributed by atoms with Crippen molar-refractivity contribution in [3.8, 4) is 11.1 Å². The first-order valence-electron chi connectivity index (χ1n) is 8.77. The second-order valence-corrected chi connectivity index (χ2v) is 7.00. The van der Waals surface area contributed by atoms with Crippen LogP contribution in [-0.2, 0) is 14.4 Å². The minimum Gasteiger partial charge on any atom is -0.503 e. The van der Waals surface area contributed by atoms with Gasteiger partial charge in [-0.25, -0.2) is 0 Å². The van der Waals surface area contributed by atoms with Gasteiger partial charge in [0.05, 0.1) is 18.0 Å². The van der Waals surface area contributed by atoms with Crippen molar-refractivity contribution >= 4 is 29.4 Å². The third-order valence-corrected chi connectivity index (χ3v) is 4.53. The number of amides is 2.